The first-order valence-corrected chi connectivity index (χ1v) is 16.6. The first-order valence-electron chi connectivity index (χ1n) is 18.1. The third kappa shape index (κ3) is 4.91. The van der Waals surface area contributed by atoms with Gasteiger partial charge in [-0.1, -0.05) is 119 Å². The molecule has 0 N–H and O–H groups in total. The number of nitrogens with zero attached hydrogens (tertiary/aromatic N) is 3. The van der Waals surface area contributed by atoms with Crippen molar-refractivity contribution in [3.63, 3.8) is 0 Å². The van der Waals surface area contributed by atoms with Crippen LogP contribution in [0.3, 0.4) is 0 Å². The first kappa shape index (κ1) is 26.6. The molecular weight excluding hydrogens is 587 g/mol. The van der Waals surface area contributed by atoms with Gasteiger partial charge in [0.15, 0.2) is 0 Å². The van der Waals surface area contributed by atoms with E-state index in [2.05, 4.69) is 122 Å². The van der Waals surface area contributed by atoms with Crippen molar-refractivity contribution < 1.29 is 8.53 Å². The zero-order valence-electron chi connectivity index (χ0n) is 30.9. The Hall–Kier alpha value is -5.48. The van der Waals surface area contributed by atoms with Gasteiger partial charge in [-0.05, 0) is 83.3 Å². The van der Waals surface area contributed by atoms with Crippen molar-refractivity contribution in [3.8, 4) is 39.3 Å². The van der Waals surface area contributed by atoms with Crippen LogP contribution in [-0.4, -0.2) is 14.5 Å². The highest BCUT2D eigenvalue weighted by molar-refractivity contribution is 6.10. The van der Waals surface area contributed by atoms with Crippen molar-refractivity contribution in [2.45, 2.75) is 53.3 Å². The predicted octanol–water partition coefficient (Wildman–Crippen LogP) is 12.2. The lowest BCUT2D eigenvalue weighted by Crippen LogP contribution is -2.09. The molecule has 5 aromatic carbocycles. The van der Waals surface area contributed by atoms with Gasteiger partial charge >= 0.3 is 0 Å². The standard InChI is InChI=1S/C44H39N3O/c1-26(2)34-14-10-15-35(27(3)4)42(34)47-41-29(6)45-28(5)24-39(41)46-44(47)37-17-11-16-36-38-25-33(22-23-40(38)48-43(36)37)32-20-18-31(19-21-32)30-12-8-7-9-13-30/h7-27H,1-6H3/i6D3. The van der Waals surface area contributed by atoms with Crippen LogP contribution in [0.1, 0.15) is 66.2 Å². The number of hydrogen-bond acceptors (Lipinski definition) is 3. The fourth-order valence-corrected chi connectivity index (χ4v) is 7.03. The summed E-state index contributed by atoms with van der Waals surface area (Å²) in [6.07, 6.45) is 0. The summed E-state index contributed by atoms with van der Waals surface area (Å²) < 4.78 is 34.4. The maximum Gasteiger partial charge on any atom is 0.149 e. The molecule has 0 aliphatic rings. The Bertz CT molecular complexity index is 2550. The van der Waals surface area contributed by atoms with Gasteiger partial charge in [0.2, 0.25) is 0 Å². The zero-order valence-corrected chi connectivity index (χ0v) is 27.9. The Labute approximate surface area is 285 Å². The number of rotatable bonds is 6. The molecule has 0 radical (unpaired) electrons. The Morgan fingerprint density at radius 2 is 1.29 bits per heavy atom. The number of imidazole rings is 1. The second-order valence-corrected chi connectivity index (χ2v) is 13.3. The zero-order chi connectivity index (χ0) is 35.6. The topological polar surface area (TPSA) is 43.9 Å². The molecule has 8 rings (SSSR count). The predicted molar refractivity (Wildman–Crippen MR) is 200 cm³/mol. The van der Waals surface area contributed by atoms with Gasteiger partial charge in [0.1, 0.15) is 17.0 Å². The van der Waals surface area contributed by atoms with Crippen LogP contribution in [0.5, 0.6) is 0 Å². The number of benzene rings is 5. The van der Waals surface area contributed by atoms with Crippen molar-refractivity contribution in [1.29, 1.82) is 0 Å². The van der Waals surface area contributed by atoms with Crippen LogP contribution in [0.15, 0.2) is 120 Å². The Balaban J connectivity index is 1.38. The normalized spacial score (nSPS) is 13.1. The Morgan fingerprint density at radius 1 is 0.646 bits per heavy atom. The third-order valence-corrected chi connectivity index (χ3v) is 9.39. The second kappa shape index (κ2) is 11.6. The molecule has 0 amide bonds. The van der Waals surface area contributed by atoms with E-state index in [9.17, 15) is 0 Å². The summed E-state index contributed by atoms with van der Waals surface area (Å²) in [6.45, 7) is 8.04. The van der Waals surface area contributed by atoms with Crippen molar-refractivity contribution in [1.82, 2.24) is 14.5 Å². The average Bonchev–Trinajstić information content (AvgIpc) is 3.69. The van der Waals surface area contributed by atoms with Gasteiger partial charge in [-0.3, -0.25) is 9.55 Å². The SMILES string of the molecule is [2H]C([2H])([2H])c1nc(C)cc2nc(-c3cccc4c3oc3ccc(-c5ccc(-c6ccccc6)cc5)cc34)n(-c3c(C(C)C)cccc3C(C)C)c12. The van der Waals surface area contributed by atoms with E-state index in [1.54, 1.807) is 0 Å². The molecular formula is C44H39N3O. The fraction of sp³-hybridized carbons (Fsp3) is 0.182. The summed E-state index contributed by atoms with van der Waals surface area (Å²) in [5.74, 6) is 0.959. The summed E-state index contributed by atoms with van der Waals surface area (Å²) in [5.41, 5.74) is 11.8. The van der Waals surface area contributed by atoms with E-state index in [-0.39, 0.29) is 17.5 Å². The van der Waals surface area contributed by atoms with Crippen molar-refractivity contribution >= 4 is 33.0 Å². The largest absolute Gasteiger partial charge is 0.455 e. The summed E-state index contributed by atoms with van der Waals surface area (Å²) in [5, 5.41) is 1.97. The molecule has 0 saturated heterocycles. The third-order valence-electron chi connectivity index (χ3n) is 9.39. The van der Waals surface area contributed by atoms with E-state index >= 15 is 0 Å². The molecule has 0 fully saturated rings. The lowest BCUT2D eigenvalue weighted by molar-refractivity contribution is 0.669. The quantitative estimate of drug-likeness (QED) is 0.184. The molecule has 0 saturated carbocycles. The maximum absolute atomic E-state index is 8.56. The van der Waals surface area contributed by atoms with E-state index in [0.29, 0.717) is 28.1 Å². The lowest BCUT2D eigenvalue weighted by atomic mass is 9.92. The molecule has 0 aliphatic carbocycles. The van der Waals surface area contributed by atoms with Crippen molar-refractivity contribution in [2.24, 2.45) is 0 Å². The van der Waals surface area contributed by atoms with Crippen LogP contribution in [0.4, 0.5) is 0 Å². The Morgan fingerprint density at radius 3 is 1.98 bits per heavy atom. The van der Waals surface area contributed by atoms with E-state index in [1.165, 1.54) is 11.1 Å². The van der Waals surface area contributed by atoms with Gasteiger partial charge in [-0.2, -0.15) is 0 Å². The molecule has 3 heterocycles. The minimum absolute atomic E-state index is 0.0456. The fourth-order valence-electron chi connectivity index (χ4n) is 7.03. The van der Waals surface area contributed by atoms with Crippen LogP contribution < -0.4 is 0 Å². The van der Waals surface area contributed by atoms with Crippen LogP contribution in [-0.2, 0) is 0 Å². The van der Waals surface area contributed by atoms with E-state index in [4.69, 9.17) is 13.5 Å². The van der Waals surface area contributed by atoms with Gasteiger partial charge in [-0.25, -0.2) is 4.98 Å². The van der Waals surface area contributed by atoms with Crippen LogP contribution in [0, 0.1) is 13.8 Å². The Kier molecular flexibility index (Phi) is 6.45. The molecule has 3 aromatic heterocycles. The molecule has 0 spiro atoms. The number of aryl methyl sites for hydroxylation is 2. The second-order valence-electron chi connectivity index (χ2n) is 13.3. The number of pyridine rings is 1. The summed E-state index contributed by atoms with van der Waals surface area (Å²) >= 11 is 0. The molecule has 0 unspecified atom stereocenters. The van der Waals surface area contributed by atoms with Gasteiger partial charge in [0, 0.05) is 20.6 Å². The van der Waals surface area contributed by atoms with E-state index in [1.807, 2.05) is 37.3 Å². The number of fused-ring (bicyclic) bond motifs is 4. The molecule has 4 heteroatoms. The van der Waals surface area contributed by atoms with Gasteiger partial charge in [-0.15, -0.1) is 0 Å². The minimum atomic E-state index is -2.45. The van der Waals surface area contributed by atoms with Gasteiger partial charge in [0.25, 0.3) is 0 Å². The smallest absolute Gasteiger partial charge is 0.149 e. The molecule has 0 atom stereocenters. The molecule has 0 aliphatic heterocycles. The highest BCUT2D eigenvalue weighted by Crippen LogP contribution is 2.42. The lowest BCUT2D eigenvalue weighted by Gasteiger charge is -2.23. The summed E-state index contributed by atoms with van der Waals surface area (Å²) in [6, 6.07) is 39.7. The molecule has 48 heavy (non-hydrogen) atoms. The maximum atomic E-state index is 8.56. The van der Waals surface area contributed by atoms with Crippen LogP contribution in [0.2, 0.25) is 0 Å². The molecule has 4 nitrogen and oxygen atoms in total. The van der Waals surface area contributed by atoms with Gasteiger partial charge in [0.05, 0.1) is 28.0 Å². The number of para-hydroxylation sites is 2. The van der Waals surface area contributed by atoms with Crippen molar-refractivity contribution in [3.05, 3.63) is 138 Å². The number of hydrogen-bond donors (Lipinski definition) is 0. The van der Waals surface area contributed by atoms with E-state index in [0.717, 1.165) is 49.9 Å². The average molecular weight is 629 g/mol. The molecule has 8 aromatic rings. The monoisotopic (exact) mass is 628 g/mol. The number of aromatic nitrogens is 3. The molecule has 236 valence electrons. The highest BCUT2D eigenvalue weighted by atomic mass is 16.3. The summed E-state index contributed by atoms with van der Waals surface area (Å²) in [4.78, 5) is 9.85. The highest BCUT2D eigenvalue weighted by Gasteiger charge is 2.25. The van der Waals surface area contributed by atoms with Crippen LogP contribution in [0.25, 0.3) is 72.3 Å². The van der Waals surface area contributed by atoms with Gasteiger partial charge < -0.3 is 4.42 Å². The van der Waals surface area contributed by atoms with Crippen molar-refractivity contribution in [2.75, 3.05) is 0 Å². The molecule has 0 bridgehead atoms. The summed E-state index contributed by atoms with van der Waals surface area (Å²) in [7, 11) is 0. The van der Waals surface area contributed by atoms with Crippen LogP contribution >= 0.6 is 0 Å². The first-order chi connectivity index (χ1) is 24.5. The number of furan rings is 1. The minimum Gasteiger partial charge on any atom is -0.455 e. The van der Waals surface area contributed by atoms with E-state index < -0.39 is 6.85 Å².